The maximum atomic E-state index is 15.0. The number of alkyl halides is 1. The number of aliphatic hydroxyl groups is 1. The van der Waals surface area contributed by atoms with Gasteiger partial charge in [0.15, 0.2) is 0 Å². The van der Waals surface area contributed by atoms with Crippen LogP contribution in [0.4, 0.5) is 11.4 Å². The van der Waals surface area contributed by atoms with Gasteiger partial charge in [0.05, 0.1) is 24.0 Å². The number of likely N-dealkylation sites (tertiary alicyclic amines) is 1. The molecule has 8 atom stereocenters. The lowest BCUT2D eigenvalue weighted by atomic mass is 9.70. The van der Waals surface area contributed by atoms with E-state index in [1.54, 1.807) is 28.9 Å². The Bertz CT molecular complexity index is 1640. The molecule has 11 nitrogen and oxygen atoms in total. The number of hydrogen-bond acceptors (Lipinski definition) is 8. The van der Waals surface area contributed by atoms with Crippen LogP contribution in [0, 0.1) is 11.8 Å². The first kappa shape index (κ1) is 41.2. The van der Waals surface area contributed by atoms with E-state index in [1.165, 1.54) is 0 Å². The molecule has 5 rings (SSSR count). The van der Waals surface area contributed by atoms with Crippen LogP contribution < -0.4 is 15.1 Å². The molecule has 0 saturated carbocycles. The van der Waals surface area contributed by atoms with Crippen LogP contribution in [0.5, 0.6) is 0 Å². The van der Waals surface area contributed by atoms with Gasteiger partial charge in [0.25, 0.3) is 5.91 Å². The fourth-order valence-electron chi connectivity index (χ4n) is 8.46. The number of nitrogens with zero attached hydrogens (tertiary/aromatic N) is 3. The number of carbonyl (C=O) groups excluding carboxylic acids is 4. The number of benzene rings is 2. The van der Waals surface area contributed by atoms with E-state index in [1.807, 2.05) is 54.6 Å². The summed E-state index contributed by atoms with van der Waals surface area (Å²) in [6, 6.07) is 15.4. The molecule has 12 heteroatoms. The third kappa shape index (κ3) is 8.30. The van der Waals surface area contributed by atoms with Crippen LogP contribution in [-0.4, -0.2) is 95.1 Å². The molecule has 0 radical (unpaired) electrons. The van der Waals surface area contributed by atoms with Crippen molar-refractivity contribution in [2.45, 2.75) is 94.0 Å². The van der Waals surface area contributed by atoms with Crippen LogP contribution in [0.2, 0.25) is 0 Å². The first-order valence-electron chi connectivity index (χ1n) is 19.2. The minimum atomic E-state index is -1.29. The lowest BCUT2D eigenvalue weighted by Gasteiger charge is -2.37. The monoisotopic (exact) mass is 806 g/mol. The van der Waals surface area contributed by atoms with Gasteiger partial charge in [-0.15, -0.1) is 13.2 Å². The first-order chi connectivity index (χ1) is 26.1. The highest BCUT2D eigenvalue weighted by Crippen LogP contribution is 2.60. The minimum Gasteiger partial charge on any atom is -0.455 e. The zero-order valence-corrected chi connectivity index (χ0v) is 33.3. The maximum absolute atomic E-state index is 15.0. The summed E-state index contributed by atoms with van der Waals surface area (Å²) in [5.74, 6) is -3.40. The first-order valence-corrected chi connectivity index (χ1v) is 20.1. The number of amides is 3. The molecule has 3 aliphatic rings. The molecule has 0 aliphatic carbocycles. The van der Waals surface area contributed by atoms with Crippen LogP contribution in [0.3, 0.4) is 0 Å². The standard InChI is InChI=1S/C42H55BrN4O7/c1-6-10-19-33(49)44-28(5)36(29-17-13-11-14-18-29)53-41(52)34-35-39(50)47(25-15-12-16-26-48)38(42(35)27-32(43)37(34)54-42)40(51)46(24-7-2)31-22-20-30(21-23-31)45(8-3)9-4/h6-7,11,13-14,17-18,20-23,28,32,34-38,48H,1-2,8-10,12,15-16,19,24-27H2,3-5H3,(H,44,49)/t28-,32?,34-,35+,36-,37-,38-,42+/m0/s1. The molecule has 54 heavy (non-hydrogen) atoms. The molecular weight excluding hydrogens is 752 g/mol. The third-order valence-electron chi connectivity index (χ3n) is 11.0. The van der Waals surface area contributed by atoms with Gasteiger partial charge in [-0.05, 0) is 82.7 Å². The number of hydrogen-bond donors (Lipinski definition) is 2. The van der Waals surface area contributed by atoms with Gasteiger partial charge >= 0.3 is 5.97 Å². The molecule has 3 saturated heterocycles. The minimum absolute atomic E-state index is 0.0269. The van der Waals surface area contributed by atoms with Crippen LogP contribution in [0.1, 0.15) is 71.0 Å². The number of fused-ring (bicyclic) bond motifs is 1. The second-order valence-corrected chi connectivity index (χ2v) is 15.5. The largest absolute Gasteiger partial charge is 0.455 e. The normalized spacial score (nSPS) is 25.1. The van der Waals surface area contributed by atoms with E-state index in [9.17, 15) is 19.5 Å². The van der Waals surface area contributed by atoms with Crippen molar-refractivity contribution < 1.29 is 33.8 Å². The van der Waals surface area contributed by atoms with E-state index in [-0.39, 0.29) is 48.7 Å². The van der Waals surface area contributed by atoms with Gasteiger partial charge in [-0.2, -0.15) is 0 Å². The number of esters is 1. The van der Waals surface area contributed by atoms with Gasteiger partial charge in [0.2, 0.25) is 11.8 Å². The summed E-state index contributed by atoms with van der Waals surface area (Å²) in [4.78, 5) is 62.2. The van der Waals surface area contributed by atoms with Gasteiger partial charge in [-0.3, -0.25) is 19.2 Å². The molecule has 1 spiro atoms. The summed E-state index contributed by atoms with van der Waals surface area (Å²) in [7, 11) is 0. The van der Waals surface area contributed by atoms with Crippen molar-refractivity contribution in [1.29, 1.82) is 0 Å². The summed E-state index contributed by atoms with van der Waals surface area (Å²) in [6.07, 6.45) is 4.67. The number of halogens is 1. The number of carbonyl (C=O) groups is 4. The van der Waals surface area contributed by atoms with E-state index < -0.39 is 47.7 Å². The lowest BCUT2D eigenvalue weighted by molar-refractivity contribution is -0.162. The van der Waals surface area contributed by atoms with E-state index in [4.69, 9.17) is 9.47 Å². The Balaban J connectivity index is 1.49. The summed E-state index contributed by atoms with van der Waals surface area (Å²) in [5.41, 5.74) is 1.11. The van der Waals surface area contributed by atoms with Gasteiger partial charge in [-0.25, -0.2) is 0 Å². The van der Waals surface area contributed by atoms with Crippen molar-refractivity contribution >= 4 is 51.0 Å². The van der Waals surface area contributed by atoms with Crippen molar-refractivity contribution in [3.05, 3.63) is 85.5 Å². The summed E-state index contributed by atoms with van der Waals surface area (Å²) < 4.78 is 13.1. The summed E-state index contributed by atoms with van der Waals surface area (Å²) in [5, 5.41) is 12.4. The average molecular weight is 808 g/mol. The molecule has 2 aromatic carbocycles. The molecule has 3 amide bonds. The van der Waals surface area contributed by atoms with Crippen LogP contribution in [0.25, 0.3) is 0 Å². The Morgan fingerprint density at radius 1 is 1.06 bits per heavy atom. The van der Waals surface area contributed by atoms with E-state index >= 15 is 4.79 Å². The lowest BCUT2D eigenvalue weighted by Crippen LogP contribution is -2.57. The molecule has 2 bridgehead atoms. The molecule has 2 N–H and O–H groups in total. The molecule has 2 aromatic rings. The highest BCUT2D eigenvalue weighted by atomic mass is 79.9. The molecular formula is C42H55BrN4O7. The predicted octanol–water partition coefficient (Wildman–Crippen LogP) is 5.72. The van der Waals surface area contributed by atoms with Gasteiger partial charge in [-0.1, -0.05) is 58.4 Å². The number of ether oxygens (including phenoxy) is 2. The van der Waals surface area contributed by atoms with Gasteiger partial charge in [0, 0.05) is 55.4 Å². The number of anilines is 2. The van der Waals surface area contributed by atoms with E-state index in [0.717, 1.165) is 18.8 Å². The fourth-order valence-corrected chi connectivity index (χ4v) is 9.40. The summed E-state index contributed by atoms with van der Waals surface area (Å²) >= 11 is 3.77. The number of rotatable bonds is 20. The zero-order valence-electron chi connectivity index (χ0n) is 31.7. The molecule has 3 heterocycles. The summed E-state index contributed by atoms with van der Waals surface area (Å²) in [6.45, 7) is 15.8. The highest BCUT2D eigenvalue weighted by Gasteiger charge is 2.77. The van der Waals surface area contributed by atoms with Crippen LogP contribution in [0.15, 0.2) is 79.9 Å². The quantitative estimate of drug-likeness (QED) is 0.0754. The van der Waals surface area contributed by atoms with Crippen molar-refractivity contribution in [1.82, 2.24) is 10.2 Å². The van der Waals surface area contributed by atoms with Crippen LogP contribution >= 0.6 is 15.9 Å². The highest BCUT2D eigenvalue weighted by molar-refractivity contribution is 9.09. The SMILES string of the molecule is C=CCCC(=O)N[C@@H](C)[C@H](OC(=O)[C@@H]1[C@H]2O[C@@]3(CC2Br)[C@H](C(=O)N(CC=C)c2ccc(N(CC)CC)cc2)N(CCCCCO)C(=O)[C@@H]13)c1ccccc1. The Morgan fingerprint density at radius 3 is 2.37 bits per heavy atom. The molecule has 292 valence electrons. The second kappa shape index (κ2) is 18.6. The number of unbranched alkanes of at least 4 members (excludes halogenated alkanes) is 2. The van der Waals surface area contributed by atoms with E-state index in [0.29, 0.717) is 43.4 Å². The average Bonchev–Trinajstić information content (AvgIpc) is 3.77. The zero-order chi connectivity index (χ0) is 39.0. The molecule has 3 aliphatic heterocycles. The Kier molecular flexibility index (Phi) is 14.1. The number of aliphatic hydroxyl groups excluding tert-OH is 1. The van der Waals surface area contributed by atoms with E-state index in [2.05, 4.69) is 53.2 Å². The number of nitrogens with one attached hydrogen (secondary N) is 1. The molecule has 1 unspecified atom stereocenters. The fraction of sp³-hybridized carbons (Fsp3) is 0.524. The molecule has 3 fully saturated rings. The topological polar surface area (TPSA) is 129 Å². The van der Waals surface area contributed by atoms with Crippen molar-refractivity contribution in [3.8, 4) is 0 Å². The maximum Gasteiger partial charge on any atom is 0.313 e. The van der Waals surface area contributed by atoms with Crippen molar-refractivity contribution in [2.75, 3.05) is 42.6 Å². The van der Waals surface area contributed by atoms with Crippen molar-refractivity contribution in [2.24, 2.45) is 11.8 Å². The van der Waals surface area contributed by atoms with Crippen LogP contribution in [-0.2, 0) is 28.7 Å². The number of allylic oxidation sites excluding steroid dienone is 1. The predicted molar refractivity (Wildman–Crippen MR) is 213 cm³/mol. The van der Waals surface area contributed by atoms with Crippen molar-refractivity contribution in [3.63, 3.8) is 0 Å². The Hall–Kier alpha value is -4.00. The molecule has 0 aromatic heterocycles. The Labute approximate surface area is 327 Å². The third-order valence-corrected chi connectivity index (χ3v) is 11.9. The second-order valence-electron chi connectivity index (χ2n) is 14.4. The van der Waals surface area contributed by atoms with Gasteiger partial charge < -0.3 is 34.6 Å². The van der Waals surface area contributed by atoms with Gasteiger partial charge in [0.1, 0.15) is 17.7 Å². The smallest absolute Gasteiger partial charge is 0.313 e. The Morgan fingerprint density at radius 2 is 1.74 bits per heavy atom.